The molecule has 5 heteroatoms. The second kappa shape index (κ2) is 8.77. The van der Waals surface area contributed by atoms with Crippen LogP contribution < -0.4 is 11.3 Å². The first-order valence-electron chi connectivity index (χ1n) is 6.73. The molecule has 0 aliphatic rings. The van der Waals surface area contributed by atoms with Gasteiger partial charge in [-0.2, -0.15) is 0 Å². The van der Waals surface area contributed by atoms with Crippen LogP contribution in [0.25, 0.3) is 0 Å². The summed E-state index contributed by atoms with van der Waals surface area (Å²) in [6.07, 6.45) is 1.87. The first-order valence-corrected chi connectivity index (χ1v) is 7.48. The van der Waals surface area contributed by atoms with Crippen LogP contribution in [0.3, 0.4) is 0 Å². The minimum absolute atomic E-state index is 0.248. The van der Waals surface area contributed by atoms with Crippen LogP contribution in [0.5, 0.6) is 0 Å². The number of benzene rings is 1. The molecule has 1 aromatic rings. The van der Waals surface area contributed by atoms with Crippen molar-refractivity contribution in [2.75, 3.05) is 19.6 Å². The molecular formula is C14H23Cl2N3. The van der Waals surface area contributed by atoms with Crippen molar-refractivity contribution in [3.05, 3.63) is 33.8 Å². The second-order valence-corrected chi connectivity index (χ2v) is 5.45. The minimum Gasteiger partial charge on any atom is -0.304 e. The molecule has 1 atom stereocenters. The Morgan fingerprint density at radius 3 is 2.42 bits per heavy atom. The van der Waals surface area contributed by atoms with Crippen LogP contribution in [-0.4, -0.2) is 30.6 Å². The molecule has 3 nitrogen and oxygen atoms in total. The van der Waals surface area contributed by atoms with Crippen molar-refractivity contribution in [1.29, 1.82) is 0 Å². The molecule has 0 saturated carbocycles. The molecule has 0 aromatic heterocycles. The van der Waals surface area contributed by atoms with Crippen LogP contribution in [0, 0.1) is 0 Å². The van der Waals surface area contributed by atoms with Gasteiger partial charge >= 0.3 is 0 Å². The summed E-state index contributed by atoms with van der Waals surface area (Å²) in [5.41, 5.74) is 4.04. The van der Waals surface area contributed by atoms with Crippen LogP contribution in [0.1, 0.15) is 25.8 Å². The van der Waals surface area contributed by atoms with Crippen molar-refractivity contribution in [2.24, 2.45) is 5.84 Å². The Labute approximate surface area is 126 Å². The van der Waals surface area contributed by atoms with Gasteiger partial charge in [0.2, 0.25) is 0 Å². The predicted octanol–water partition coefficient (Wildman–Crippen LogP) is 3.10. The van der Waals surface area contributed by atoms with Gasteiger partial charge in [0.1, 0.15) is 0 Å². The number of rotatable bonds is 8. The zero-order chi connectivity index (χ0) is 14.3. The fourth-order valence-corrected chi connectivity index (χ4v) is 2.39. The van der Waals surface area contributed by atoms with Gasteiger partial charge in [-0.3, -0.25) is 11.3 Å². The smallest absolute Gasteiger partial charge is 0.0595 e. The van der Waals surface area contributed by atoms with Crippen molar-refractivity contribution >= 4 is 23.2 Å². The molecule has 0 bridgehead atoms. The van der Waals surface area contributed by atoms with Crippen LogP contribution in [0.2, 0.25) is 10.0 Å². The number of halogens is 2. The van der Waals surface area contributed by atoms with Crippen LogP contribution in [0.15, 0.2) is 18.2 Å². The quantitative estimate of drug-likeness (QED) is 0.573. The van der Waals surface area contributed by atoms with Gasteiger partial charge in [0.15, 0.2) is 0 Å². The Morgan fingerprint density at radius 1 is 1.21 bits per heavy atom. The molecule has 0 radical (unpaired) electrons. The lowest BCUT2D eigenvalue weighted by molar-refractivity contribution is 0.281. The van der Waals surface area contributed by atoms with Gasteiger partial charge in [-0.05, 0) is 50.2 Å². The van der Waals surface area contributed by atoms with Crippen LogP contribution in [-0.2, 0) is 6.42 Å². The van der Waals surface area contributed by atoms with Crippen LogP contribution >= 0.6 is 23.2 Å². The van der Waals surface area contributed by atoms with Crippen molar-refractivity contribution in [1.82, 2.24) is 10.3 Å². The third kappa shape index (κ3) is 5.67. The zero-order valence-electron chi connectivity index (χ0n) is 11.6. The van der Waals surface area contributed by atoms with Crippen molar-refractivity contribution in [3.8, 4) is 0 Å². The largest absolute Gasteiger partial charge is 0.304 e. The summed E-state index contributed by atoms with van der Waals surface area (Å²) in [5.74, 6) is 5.63. The van der Waals surface area contributed by atoms with Crippen molar-refractivity contribution in [2.45, 2.75) is 32.7 Å². The minimum atomic E-state index is 0.248. The zero-order valence-corrected chi connectivity index (χ0v) is 13.1. The number of hydrogen-bond acceptors (Lipinski definition) is 3. The normalized spacial score (nSPS) is 12.9. The highest BCUT2D eigenvalue weighted by atomic mass is 35.5. The van der Waals surface area contributed by atoms with Gasteiger partial charge < -0.3 is 4.90 Å². The standard InChI is InChI=1S/C14H23Cl2N3/c1-3-19(4-2)8-7-12(18-17)9-11-5-6-13(15)14(16)10-11/h5-6,10,12,18H,3-4,7-9,17H2,1-2H3. The highest BCUT2D eigenvalue weighted by Crippen LogP contribution is 2.23. The maximum absolute atomic E-state index is 6.02. The molecule has 0 aliphatic heterocycles. The molecule has 3 N–H and O–H groups in total. The lowest BCUT2D eigenvalue weighted by Gasteiger charge is -2.22. The van der Waals surface area contributed by atoms with E-state index in [0.717, 1.165) is 38.0 Å². The SMILES string of the molecule is CCN(CC)CCC(Cc1ccc(Cl)c(Cl)c1)NN. The average molecular weight is 304 g/mol. The van der Waals surface area contributed by atoms with E-state index >= 15 is 0 Å². The average Bonchev–Trinajstić information content (AvgIpc) is 2.42. The molecule has 1 aromatic carbocycles. The summed E-state index contributed by atoms with van der Waals surface area (Å²) in [6.45, 7) is 7.53. The number of hydrogen-bond donors (Lipinski definition) is 2. The molecule has 0 fully saturated rings. The van der Waals surface area contributed by atoms with E-state index in [2.05, 4.69) is 24.2 Å². The van der Waals surface area contributed by atoms with E-state index in [-0.39, 0.29) is 6.04 Å². The first kappa shape index (κ1) is 16.7. The predicted molar refractivity (Wildman–Crippen MR) is 83.7 cm³/mol. The maximum Gasteiger partial charge on any atom is 0.0595 e. The van der Waals surface area contributed by atoms with Gasteiger partial charge in [0.25, 0.3) is 0 Å². The van der Waals surface area contributed by atoms with E-state index in [4.69, 9.17) is 29.0 Å². The van der Waals surface area contributed by atoms with Gasteiger partial charge in [0.05, 0.1) is 10.0 Å². The summed E-state index contributed by atoms with van der Waals surface area (Å²) < 4.78 is 0. The van der Waals surface area contributed by atoms with E-state index in [1.54, 1.807) is 0 Å². The third-order valence-corrected chi connectivity index (χ3v) is 4.13. The van der Waals surface area contributed by atoms with E-state index in [1.165, 1.54) is 0 Å². The molecule has 19 heavy (non-hydrogen) atoms. The molecule has 108 valence electrons. The Balaban J connectivity index is 2.53. The summed E-state index contributed by atoms with van der Waals surface area (Å²) in [5, 5.41) is 1.18. The Hall–Kier alpha value is -0.320. The number of nitrogens with two attached hydrogens (primary N) is 1. The number of nitrogens with one attached hydrogen (secondary N) is 1. The van der Waals surface area contributed by atoms with Gasteiger partial charge in [0, 0.05) is 6.04 Å². The van der Waals surface area contributed by atoms with E-state index in [1.807, 2.05) is 18.2 Å². The van der Waals surface area contributed by atoms with E-state index in [0.29, 0.717) is 10.0 Å². The topological polar surface area (TPSA) is 41.3 Å². The molecular weight excluding hydrogens is 281 g/mol. The Bertz CT molecular complexity index is 381. The van der Waals surface area contributed by atoms with E-state index in [9.17, 15) is 0 Å². The highest BCUT2D eigenvalue weighted by molar-refractivity contribution is 6.42. The molecule has 0 saturated heterocycles. The summed E-state index contributed by atoms with van der Waals surface area (Å²) in [7, 11) is 0. The highest BCUT2D eigenvalue weighted by Gasteiger charge is 2.10. The maximum atomic E-state index is 6.02. The lowest BCUT2D eigenvalue weighted by Crippen LogP contribution is -2.39. The molecule has 0 aliphatic carbocycles. The third-order valence-electron chi connectivity index (χ3n) is 3.39. The molecule has 1 unspecified atom stereocenters. The monoisotopic (exact) mass is 303 g/mol. The van der Waals surface area contributed by atoms with Gasteiger partial charge in [-0.25, -0.2) is 0 Å². The summed E-state index contributed by atoms with van der Waals surface area (Å²) in [4.78, 5) is 2.39. The second-order valence-electron chi connectivity index (χ2n) is 4.63. The first-order chi connectivity index (χ1) is 9.10. The van der Waals surface area contributed by atoms with Gasteiger partial charge in [-0.1, -0.05) is 43.1 Å². The number of nitrogens with zero attached hydrogens (tertiary/aromatic N) is 1. The fraction of sp³-hybridized carbons (Fsp3) is 0.571. The molecule has 1 rings (SSSR count). The Kier molecular flexibility index (Phi) is 7.73. The number of hydrazine groups is 1. The fourth-order valence-electron chi connectivity index (χ4n) is 2.07. The van der Waals surface area contributed by atoms with Crippen LogP contribution in [0.4, 0.5) is 0 Å². The lowest BCUT2D eigenvalue weighted by atomic mass is 10.0. The van der Waals surface area contributed by atoms with E-state index < -0.39 is 0 Å². The van der Waals surface area contributed by atoms with Crippen molar-refractivity contribution < 1.29 is 0 Å². The Morgan fingerprint density at radius 2 is 1.89 bits per heavy atom. The molecule has 0 spiro atoms. The summed E-state index contributed by atoms with van der Waals surface area (Å²) >= 11 is 11.9. The van der Waals surface area contributed by atoms with Gasteiger partial charge in [-0.15, -0.1) is 0 Å². The molecule has 0 heterocycles. The summed E-state index contributed by atoms with van der Waals surface area (Å²) in [6, 6.07) is 5.98. The van der Waals surface area contributed by atoms with Crippen molar-refractivity contribution in [3.63, 3.8) is 0 Å². The molecule has 0 amide bonds.